The van der Waals surface area contributed by atoms with E-state index < -0.39 is 11.8 Å². The number of nitrogens with one attached hydrogen (secondary N) is 2. The van der Waals surface area contributed by atoms with E-state index in [-0.39, 0.29) is 11.3 Å². The molecule has 0 atom stereocenters. The number of carbonyl (C=O) groups is 3. The summed E-state index contributed by atoms with van der Waals surface area (Å²) in [4.78, 5) is 40.9. The molecule has 2 N–H and O–H groups in total. The van der Waals surface area contributed by atoms with E-state index in [0.717, 1.165) is 18.7 Å². The van der Waals surface area contributed by atoms with Gasteiger partial charge in [-0.1, -0.05) is 50.6 Å². The highest BCUT2D eigenvalue weighted by molar-refractivity contribution is 6.39. The molecular weight excluding hydrogens is 416 g/mol. The number of rotatable bonds is 5. The van der Waals surface area contributed by atoms with Gasteiger partial charge in [0.15, 0.2) is 0 Å². The smallest absolute Gasteiger partial charge is 0.313 e. The molecule has 0 aliphatic carbocycles. The summed E-state index contributed by atoms with van der Waals surface area (Å²) in [6, 6.07) is 15.2. The molecule has 0 spiro atoms. The number of amides is 3. The maximum atomic E-state index is 12.8. The summed E-state index contributed by atoms with van der Waals surface area (Å²) in [6.07, 6.45) is 0. The Morgan fingerprint density at radius 1 is 0.848 bits per heavy atom. The van der Waals surface area contributed by atoms with Crippen LogP contribution in [-0.2, 0) is 15.0 Å². The van der Waals surface area contributed by atoms with Gasteiger partial charge in [0.2, 0.25) is 0 Å². The summed E-state index contributed by atoms with van der Waals surface area (Å²) in [6.45, 7) is 12.2. The first-order valence-electron chi connectivity index (χ1n) is 11.4. The molecule has 0 aromatic heterocycles. The second-order valence-electron chi connectivity index (χ2n) is 9.54. The highest BCUT2D eigenvalue weighted by Gasteiger charge is 2.23. The minimum atomic E-state index is -0.674. The summed E-state index contributed by atoms with van der Waals surface area (Å²) < 4.78 is 0. The molecule has 7 heteroatoms. The van der Waals surface area contributed by atoms with Crippen molar-refractivity contribution in [3.05, 3.63) is 65.2 Å². The predicted octanol–water partition coefficient (Wildman–Crippen LogP) is 2.81. The number of hydrogen-bond donors (Lipinski definition) is 2. The molecule has 0 saturated carbocycles. The molecule has 0 unspecified atom stereocenters. The van der Waals surface area contributed by atoms with E-state index in [0.29, 0.717) is 37.4 Å². The van der Waals surface area contributed by atoms with E-state index in [9.17, 15) is 14.4 Å². The van der Waals surface area contributed by atoms with Gasteiger partial charge < -0.3 is 15.5 Å². The van der Waals surface area contributed by atoms with Crippen molar-refractivity contribution in [3.63, 3.8) is 0 Å². The Morgan fingerprint density at radius 3 is 2.03 bits per heavy atom. The Balaban J connectivity index is 1.38. The third-order valence-corrected chi connectivity index (χ3v) is 5.89. The van der Waals surface area contributed by atoms with Gasteiger partial charge in [-0.05, 0) is 42.2 Å². The molecule has 3 rings (SSSR count). The molecule has 2 aromatic carbocycles. The molecule has 1 saturated heterocycles. The van der Waals surface area contributed by atoms with Gasteiger partial charge in [-0.3, -0.25) is 19.3 Å². The van der Waals surface area contributed by atoms with Crippen molar-refractivity contribution in [2.75, 3.05) is 44.6 Å². The maximum absolute atomic E-state index is 12.8. The van der Waals surface area contributed by atoms with Crippen molar-refractivity contribution in [2.45, 2.75) is 33.1 Å². The molecular formula is C26H34N4O3. The van der Waals surface area contributed by atoms with Gasteiger partial charge in [-0.25, -0.2) is 0 Å². The number of carbonyl (C=O) groups excluding carboxylic acids is 3. The van der Waals surface area contributed by atoms with E-state index >= 15 is 0 Å². The lowest BCUT2D eigenvalue weighted by Gasteiger charge is -2.34. The molecule has 1 aliphatic rings. The van der Waals surface area contributed by atoms with Gasteiger partial charge >= 0.3 is 11.8 Å². The Kier molecular flexibility index (Phi) is 7.87. The van der Waals surface area contributed by atoms with Crippen LogP contribution in [0.25, 0.3) is 0 Å². The number of benzene rings is 2. The molecule has 33 heavy (non-hydrogen) atoms. The van der Waals surface area contributed by atoms with Crippen LogP contribution in [0.15, 0.2) is 48.5 Å². The van der Waals surface area contributed by atoms with Gasteiger partial charge in [-0.2, -0.15) is 0 Å². The Hall–Kier alpha value is -3.19. The topological polar surface area (TPSA) is 81.8 Å². The van der Waals surface area contributed by atoms with Crippen LogP contribution in [0.3, 0.4) is 0 Å². The van der Waals surface area contributed by atoms with Crippen LogP contribution in [0.1, 0.15) is 42.3 Å². The summed E-state index contributed by atoms with van der Waals surface area (Å²) in [5, 5.41) is 5.26. The van der Waals surface area contributed by atoms with E-state index in [4.69, 9.17) is 0 Å². The molecule has 1 fully saturated rings. The molecule has 0 radical (unpaired) electrons. The molecule has 2 aromatic rings. The summed E-state index contributed by atoms with van der Waals surface area (Å²) in [5.41, 5.74) is 3.65. The quantitative estimate of drug-likeness (QED) is 0.687. The normalized spacial score (nSPS) is 14.6. The van der Waals surface area contributed by atoms with Crippen molar-refractivity contribution in [2.24, 2.45) is 0 Å². The third-order valence-electron chi connectivity index (χ3n) is 5.89. The number of aryl methyl sites for hydroxylation is 1. The number of anilines is 1. The minimum Gasteiger partial charge on any atom is -0.347 e. The van der Waals surface area contributed by atoms with E-state index in [1.807, 2.05) is 48.2 Å². The maximum Gasteiger partial charge on any atom is 0.313 e. The standard InChI is InChI=1S/C26H34N4O3/c1-19-5-11-22(12-6-19)28-24(32)23(31)27-13-14-29-15-17-30(18-16-29)25(33)20-7-9-21(10-8-20)26(2,3)4/h5-12H,13-18H2,1-4H3,(H,27,31)(H,28,32). The molecule has 7 nitrogen and oxygen atoms in total. The van der Waals surface area contributed by atoms with Crippen LogP contribution >= 0.6 is 0 Å². The lowest BCUT2D eigenvalue weighted by Crippen LogP contribution is -2.50. The van der Waals surface area contributed by atoms with Gasteiger partial charge in [0.25, 0.3) is 5.91 Å². The van der Waals surface area contributed by atoms with Crippen LogP contribution in [0.5, 0.6) is 0 Å². The first-order chi connectivity index (χ1) is 15.6. The van der Waals surface area contributed by atoms with Gasteiger partial charge in [0, 0.05) is 50.5 Å². The van der Waals surface area contributed by atoms with Crippen LogP contribution in [-0.4, -0.2) is 66.8 Å². The van der Waals surface area contributed by atoms with Crippen molar-refractivity contribution < 1.29 is 14.4 Å². The number of piperazine rings is 1. The van der Waals surface area contributed by atoms with E-state index in [1.54, 1.807) is 12.1 Å². The highest BCUT2D eigenvalue weighted by Crippen LogP contribution is 2.22. The van der Waals surface area contributed by atoms with Crippen LogP contribution < -0.4 is 10.6 Å². The monoisotopic (exact) mass is 450 g/mol. The van der Waals surface area contributed by atoms with Crippen LogP contribution in [0.2, 0.25) is 0 Å². The number of nitrogens with zero attached hydrogens (tertiary/aromatic N) is 2. The van der Waals surface area contributed by atoms with Crippen LogP contribution in [0, 0.1) is 6.92 Å². The highest BCUT2D eigenvalue weighted by atomic mass is 16.2. The lowest BCUT2D eigenvalue weighted by atomic mass is 9.86. The lowest BCUT2D eigenvalue weighted by molar-refractivity contribution is -0.136. The zero-order valence-corrected chi connectivity index (χ0v) is 20.0. The average molecular weight is 451 g/mol. The van der Waals surface area contributed by atoms with E-state index in [1.165, 1.54) is 5.56 Å². The first kappa shape index (κ1) is 24.5. The van der Waals surface area contributed by atoms with Gasteiger partial charge in [-0.15, -0.1) is 0 Å². The summed E-state index contributed by atoms with van der Waals surface area (Å²) >= 11 is 0. The fourth-order valence-electron chi connectivity index (χ4n) is 3.70. The zero-order chi connectivity index (χ0) is 24.0. The fraction of sp³-hybridized carbons (Fsp3) is 0.423. The van der Waals surface area contributed by atoms with E-state index in [2.05, 4.69) is 36.3 Å². The third kappa shape index (κ3) is 6.89. The molecule has 3 amide bonds. The summed E-state index contributed by atoms with van der Waals surface area (Å²) in [7, 11) is 0. The molecule has 1 heterocycles. The Labute approximate surface area is 196 Å². The van der Waals surface area contributed by atoms with Gasteiger partial charge in [0.05, 0.1) is 0 Å². The second kappa shape index (κ2) is 10.6. The van der Waals surface area contributed by atoms with Crippen LogP contribution in [0.4, 0.5) is 5.69 Å². The molecule has 176 valence electrons. The van der Waals surface area contributed by atoms with Crippen molar-refractivity contribution in [1.82, 2.24) is 15.1 Å². The van der Waals surface area contributed by atoms with Gasteiger partial charge in [0.1, 0.15) is 0 Å². The Morgan fingerprint density at radius 2 is 1.45 bits per heavy atom. The fourth-order valence-corrected chi connectivity index (χ4v) is 3.70. The summed E-state index contributed by atoms with van der Waals surface area (Å²) in [5.74, 6) is -1.27. The Bertz CT molecular complexity index is 970. The predicted molar refractivity (Wildman–Crippen MR) is 130 cm³/mol. The molecule has 1 aliphatic heterocycles. The number of hydrogen-bond acceptors (Lipinski definition) is 4. The van der Waals surface area contributed by atoms with Crippen molar-refractivity contribution in [3.8, 4) is 0 Å². The van der Waals surface area contributed by atoms with Crippen molar-refractivity contribution >= 4 is 23.4 Å². The SMILES string of the molecule is Cc1ccc(NC(=O)C(=O)NCCN2CCN(C(=O)c3ccc(C(C)(C)C)cc3)CC2)cc1. The average Bonchev–Trinajstić information content (AvgIpc) is 2.80. The zero-order valence-electron chi connectivity index (χ0n) is 20.0. The van der Waals surface area contributed by atoms with Crippen molar-refractivity contribution in [1.29, 1.82) is 0 Å². The largest absolute Gasteiger partial charge is 0.347 e. The minimum absolute atomic E-state index is 0.0520. The first-order valence-corrected chi connectivity index (χ1v) is 11.4. The second-order valence-corrected chi connectivity index (χ2v) is 9.54. The molecule has 0 bridgehead atoms.